The number of nitrogens with one attached hydrogen (secondary N) is 1. The van der Waals surface area contributed by atoms with Crippen molar-refractivity contribution >= 4 is 23.1 Å². The Hall–Kier alpha value is -1.61. The van der Waals surface area contributed by atoms with Crippen molar-refractivity contribution in [1.82, 2.24) is 9.97 Å². The lowest BCUT2D eigenvalue weighted by molar-refractivity contribution is 0.867. The number of halogens is 1. The lowest BCUT2D eigenvalue weighted by Crippen LogP contribution is -1.98. The van der Waals surface area contributed by atoms with Gasteiger partial charge in [0.2, 0.25) is 0 Å². The van der Waals surface area contributed by atoms with E-state index < -0.39 is 0 Å². The third-order valence-corrected chi connectivity index (χ3v) is 3.24. The highest BCUT2D eigenvalue weighted by Gasteiger charge is 2.05. The van der Waals surface area contributed by atoms with Gasteiger partial charge in [0.15, 0.2) is 0 Å². The monoisotopic (exact) mass is 261 g/mol. The molecule has 1 N–H and O–H groups in total. The molecule has 18 heavy (non-hydrogen) atoms. The van der Waals surface area contributed by atoms with Gasteiger partial charge in [-0.1, -0.05) is 37.6 Å². The summed E-state index contributed by atoms with van der Waals surface area (Å²) in [4.78, 5) is 8.12. The lowest BCUT2D eigenvalue weighted by atomic mass is 10.0. The Kier molecular flexibility index (Phi) is 3.82. The summed E-state index contributed by atoms with van der Waals surface area (Å²) < 4.78 is 0. The zero-order valence-electron chi connectivity index (χ0n) is 10.7. The zero-order chi connectivity index (χ0) is 13.1. The van der Waals surface area contributed by atoms with E-state index >= 15 is 0 Å². The SMILES string of the molecule is Cc1c(Cl)ncnc1Nc1ccc(C(C)C)cc1. The molecule has 0 saturated heterocycles. The second kappa shape index (κ2) is 5.36. The van der Waals surface area contributed by atoms with Gasteiger partial charge in [-0.3, -0.25) is 0 Å². The van der Waals surface area contributed by atoms with Gasteiger partial charge in [0.25, 0.3) is 0 Å². The van der Waals surface area contributed by atoms with E-state index in [2.05, 4.69) is 41.3 Å². The minimum absolute atomic E-state index is 0.478. The summed E-state index contributed by atoms with van der Waals surface area (Å²) in [6, 6.07) is 8.33. The van der Waals surface area contributed by atoms with Crippen molar-refractivity contribution < 1.29 is 0 Å². The van der Waals surface area contributed by atoms with Crippen LogP contribution in [-0.2, 0) is 0 Å². The van der Waals surface area contributed by atoms with Gasteiger partial charge in [0, 0.05) is 11.3 Å². The first-order chi connectivity index (χ1) is 8.58. The summed E-state index contributed by atoms with van der Waals surface area (Å²) in [7, 11) is 0. The summed E-state index contributed by atoms with van der Waals surface area (Å²) in [5, 5.41) is 3.72. The molecule has 0 fully saturated rings. The molecule has 2 aromatic rings. The van der Waals surface area contributed by atoms with Crippen molar-refractivity contribution in [3.05, 3.63) is 46.9 Å². The van der Waals surface area contributed by atoms with E-state index in [0.29, 0.717) is 11.1 Å². The maximum atomic E-state index is 5.96. The largest absolute Gasteiger partial charge is 0.340 e. The Morgan fingerprint density at radius 2 is 1.78 bits per heavy atom. The van der Waals surface area contributed by atoms with Gasteiger partial charge in [-0.2, -0.15) is 0 Å². The predicted molar refractivity (Wildman–Crippen MR) is 75.6 cm³/mol. The molecule has 2 rings (SSSR count). The van der Waals surface area contributed by atoms with E-state index in [1.54, 1.807) is 0 Å². The Bertz CT molecular complexity index is 535. The molecule has 0 saturated carbocycles. The van der Waals surface area contributed by atoms with Gasteiger partial charge in [-0.25, -0.2) is 9.97 Å². The van der Waals surface area contributed by atoms with Crippen LogP contribution in [0.5, 0.6) is 0 Å². The van der Waals surface area contributed by atoms with Crippen molar-refractivity contribution in [2.75, 3.05) is 5.32 Å². The first-order valence-corrected chi connectivity index (χ1v) is 6.30. The smallest absolute Gasteiger partial charge is 0.138 e. The van der Waals surface area contributed by atoms with Crippen LogP contribution in [0.15, 0.2) is 30.6 Å². The van der Waals surface area contributed by atoms with Crippen molar-refractivity contribution in [1.29, 1.82) is 0 Å². The van der Waals surface area contributed by atoms with E-state index in [-0.39, 0.29) is 0 Å². The fourth-order valence-corrected chi connectivity index (χ4v) is 1.78. The fourth-order valence-electron chi connectivity index (χ4n) is 1.64. The lowest BCUT2D eigenvalue weighted by Gasteiger charge is -2.10. The fraction of sp³-hybridized carbons (Fsp3) is 0.286. The van der Waals surface area contributed by atoms with E-state index in [1.165, 1.54) is 11.9 Å². The highest BCUT2D eigenvalue weighted by molar-refractivity contribution is 6.30. The Morgan fingerprint density at radius 1 is 1.11 bits per heavy atom. The molecule has 0 unspecified atom stereocenters. The van der Waals surface area contributed by atoms with Crippen LogP contribution in [0.2, 0.25) is 5.15 Å². The van der Waals surface area contributed by atoms with Crippen molar-refractivity contribution in [2.45, 2.75) is 26.7 Å². The summed E-state index contributed by atoms with van der Waals surface area (Å²) >= 11 is 5.96. The second-order valence-electron chi connectivity index (χ2n) is 4.54. The molecule has 0 aliphatic carbocycles. The molecule has 1 heterocycles. The molecule has 1 aromatic heterocycles. The van der Waals surface area contributed by atoms with Gasteiger partial charge >= 0.3 is 0 Å². The van der Waals surface area contributed by atoms with Gasteiger partial charge in [0.05, 0.1) is 0 Å². The molecular formula is C14H16ClN3. The molecule has 0 radical (unpaired) electrons. The highest BCUT2D eigenvalue weighted by Crippen LogP contribution is 2.23. The zero-order valence-corrected chi connectivity index (χ0v) is 11.5. The molecular weight excluding hydrogens is 246 g/mol. The number of rotatable bonds is 3. The average molecular weight is 262 g/mol. The van der Waals surface area contributed by atoms with Gasteiger partial charge < -0.3 is 5.32 Å². The summed E-state index contributed by atoms with van der Waals surface area (Å²) in [6.07, 6.45) is 1.46. The molecule has 0 amide bonds. The number of benzene rings is 1. The van der Waals surface area contributed by atoms with Crippen LogP contribution in [-0.4, -0.2) is 9.97 Å². The standard InChI is InChI=1S/C14H16ClN3/c1-9(2)11-4-6-12(7-5-11)18-14-10(3)13(15)16-8-17-14/h4-9H,1-3H3,(H,16,17,18). The van der Waals surface area contributed by atoms with Crippen LogP contribution < -0.4 is 5.32 Å². The normalized spacial score (nSPS) is 10.7. The van der Waals surface area contributed by atoms with Crippen LogP contribution in [0.1, 0.15) is 30.9 Å². The summed E-state index contributed by atoms with van der Waals surface area (Å²) in [5.74, 6) is 1.28. The number of hydrogen-bond donors (Lipinski definition) is 1. The molecule has 0 aliphatic rings. The van der Waals surface area contributed by atoms with Crippen LogP contribution in [0.25, 0.3) is 0 Å². The van der Waals surface area contributed by atoms with Crippen LogP contribution in [0, 0.1) is 6.92 Å². The Labute approximate surface area is 112 Å². The predicted octanol–water partition coefficient (Wildman–Crippen LogP) is 4.31. The summed E-state index contributed by atoms with van der Waals surface area (Å²) in [5.41, 5.74) is 3.17. The van der Waals surface area contributed by atoms with Crippen molar-refractivity contribution in [3.8, 4) is 0 Å². The second-order valence-corrected chi connectivity index (χ2v) is 4.90. The quantitative estimate of drug-likeness (QED) is 0.837. The van der Waals surface area contributed by atoms with Crippen molar-refractivity contribution in [2.24, 2.45) is 0 Å². The van der Waals surface area contributed by atoms with E-state index in [0.717, 1.165) is 17.1 Å². The van der Waals surface area contributed by atoms with E-state index in [9.17, 15) is 0 Å². The third kappa shape index (κ3) is 2.79. The van der Waals surface area contributed by atoms with Gasteiger partial charge in [-0.05, 0) is 30.5 Å². The molecule has 0 aliphatic heterocycles. The summed E-state index contributed by atoms with van der Waals surface area (Å²) in [6.45, 7) is 6.25. The molecule has 94 valence electrons. The highest BCUT2D eigenvalue weighted by atomic mass is 35.5. The first-order valence-electron chi connectivity index (χ1n) is 5.92. The average Bonchev–Trinajstić information content (AvgIpc) is 2.36. The maximum Gasteiger partial charge on any atom is 0.138 e. The Morgan fingerprint density at radius 3 is 2.39 bits per heavy atom. The molecule has 0 bridgehead atoms. The molecule has 0 atom stereocenters. The topological polar surface area (TPSA) is 37.8 Å². The molecule has 4 heteroatoms. The van der Waals surface area contributed by atoms with E-state index in [4.69, 9.17) is 11.6 Å². The number of hydrogen-bond acceptors (Lipinski definition) is 3. The number of aromatic nitrogens is 2. The minimum Gasteiger partial charge on any atom is -0.340 e. The molecule has 3 nitrogen and oxygen atoms in total. The minimum atomic E-state index is 0.478. The molecule has 1 aromatic carbocycles. The third-order valence-electron chi connectivity index (χ3n) is 2.86. The van der Waals surface area contributed by atoms with Gasteiger partial charge in [0.1, 0.15) is 17.3 Å². The van der Waals surface area contributed by atoms with Crippen LogP contribution in [0.3, 0.4) is 0 Å². The van der Waals surface area contributed by atoms with Gasteiger partial charge in [-0.15, -0.1) is 0 Å². The first kappa shape index (κ1) is 12.8. The number of nitrogens with zero attached hydrogens (tertiary/aromatic N) is 2. The van der Waals surface area contributed by atoms with Crippen LogP contribution >= 0.6 is 11.6 Å². The number of anilines is 2. The maximum absolute atomic E-state index is 5.96. The van der Waals surface area contributed by atoms with E-state index in [1.807, 2.05) is 19.1 Å². The van der Waals surface area contributed by atoms with Crippen molar-refractivity contribution in [3.63, 3.8) is 0 Å². The molecule has 0 spiro atoms. The van der Waals surface area contributed by atoms with Crippen LogP contribution in [0.4, 0.5) is 11.5 Å². The Balaban J connectivity index is 2.21.